The Morgan fingerprint density at radius 1 is 1.07 bits per heavy atom. The summed E-state index contributed by atoms with van der Waals surface area (Å²) in [6.07, 6.45) is 4.15. The summed E-state index contributed by atoms with van der Waals surface area (Å²) in [5.41, 5.74) is 5.76. The topological polar surface area (TPSA) is 50.5 Å². The fraction of sp³-hybridized carbons (Fsp3) is 0.292. The summed E-state index contributed by atoms with van der Waals surface area (Å²) in [4.78, 5) is 13.2. The molecule has 5 nitrogen and oxygen atoms in total. The molecule has 0 N–H and O–H groups in total. The monoisotopic (exact) mass is 386 g/mol. The molecule has 0 spiro atoms. The highest BCUT2D eigenvalue weighted by atomic mass is 16.2. The van der Waals surface area contributed by atoms with Crippen molar-refractivity contribution in [2.24, 2.45) is 5.10 Å². The molecule has 0 saturated heterocycles. The van der Waals surface area contributed by atoms with Crippen LogP contribution in [-0.4, -0.2) is 31.9 Å². The number of aromatic nitrogens is 2. The number of carbonyl (C=O) groups excluding carboxylic acids is 1. The van der Waals surface area contributed by atoms with Crippen LogP contribution in [0.5, 0.6) is 0 Å². The van der Waals surface area contributed by atoms with Gasteiger partial charge in [-0.15, -0.1) is 0 Å². The average molecular weight is 386 g/mol. The van der Waals surface area contributed by atoms with Gasteiger partial charge in [-0.05, 0) is 38.8 Å². The van der Waals surface area contributed by atoms with E-state index in [1.807, 2.05) is 30.3 Å². The van der Waals surface area contributed by atoms with Crippen LogP contribution in [0, 0.1) is 13.8 Å². The van der Waals surface area contributed by atoms with Crippen molar-refractivity contribution in [2.75, 3.05) is 0 Å². The molecule has 1 amide bonds. The van der Waals surface area contributed by atoms with Crippen molar-refractivity contribution < 1.29 is 4.79 Å². The normalized spacial score (nSPS) is 15.4. The van der Waals surface area contributed by atoms with Crippen LogP contribution in [0.25, 0.3) is 0 Å². The molecular formula is C24H26N4O. The number of carbonyl (C=O) groups is 1. The zero-order valence-electron chi connectivity index (χ0n) is 17.4. The number of hydrogen-bond acceptors (Lipinski definition) is 3. The van der Waals surface area contributed by atoms with Crippen LogP contribution in [0.3, 0.4) is 0 Å². The molecule has 2 heterocycles. The third-order valence-corrected chi connectivity index (χ3v) is 5.21. The number of benzene rings is 2. The van der Waals surface area contributed by atoms with Crippen LogP contribution < -0.4 is 0 Å². The summed E-state index contributed by atoms with van der Waals surface area (Å²) >= 11 is 0. The number of rotatable bonds is 4. The van der Waals surface area contributed by atoms with Crippen molar-refractivity contribution in [1.82, 2.24) is 14.8 Å². The number of amides is 1. The van der Waals surface area contributed by atoms with Crippen molar-refractivity contribution >= 4 is 11.6 Å². The first kappa shape index (κ1) is 19.1. The number of nitrogens with zero attached hydrogens (tertiary/aromatic N) is 4. The largest absolute Gasteiger partial charge is 0.277 e. The lowest BCUT2D eigenvalue weighted by Crippen LogP contribution is -2.40. The molecule has 0 unspecified atom stereocenters. The minimum absolute atomic E-state index is 0.117. The van der Waals surface area contributed by atoms with Gasteiger partial charge in [0, 0.05) is 12.6 Å². The Hall–Kier alpha value is -3.21. The maximum atomic E-state index is 13.2. The smallest absolute Gasteiger partial charge is 0.268 e. The van der Waals surface area contributed by atoms with E-state index in [-0.39, 0.29) is 11.4 Å². The van der Waals surface area contributed by atoms with Crippen molar-refractivity contribution in [3.05, 3.63) is 88.7 Å². The zero-order chi connectivity index (χ0) is 20.6. The molecule has 0 fully saturated rings. The van der Waals surface area contributed by atoms with E-state index in [0.29, 0.717) is 12.1 Å². The molecule has 5 heteroatoms. The van der Waals surface area contributed by atoms with Crippen LogP contribution >= 0.6 is 0 Å². The molecule has 1 aliphatic heterocycles. The molecule has 1 aliphatic rings. The van der Waals surface area contributed by atoms with Crippen molar-refractivity contribution in [2.45, 2.75) is 46.2 Å². The predicted octanol–water partition coefficient (Wildman–Crippen LogP) is 4.58. The fourth-order valence-corrected chi connectivity index (χ4v) is 3.85. The molecule has 3 aromatic rings. The Kier molecular flexibility index (Phi) is 4.82. The van der Waals surface area contributed by atoms with Gasteiger partial charge in [-0.3, -0.25) is 9.48 Å². The van der Waals surface area contributed by atoms with Gasteiger partial charge >= 0.3 is 0 Å². The van der Waals surface area contributed by atoms with Gasteiger partial charge in [0.25, 0.3) is 5.91 Å². The summed E-state index contributed by atoms with van der Waals surface area (Å²) in [7, 11) is 0. The summed E-state index contributed by atoms with van der Waals surface area (Å²) in [6, 6.07) is 16.5. The highest BCUT2D eigenvalue weighted by Crippen LogP contribution is 2.31. The minimum atomic E-state index is -0.383. The Bertz CT molecular complexity index is 1060. The van der Waals surface area contributed by atoms with Gasteiger partial charge in [0.1, 0.15) is 0 Å². The first-order chi connectivity index (χ1) is 13.8. The second kappa shape index (κ2) is 7.32. The van der Waals surface area contributed by atoms with E-state index in [1.54, 1.807) is 22.1 Å². The van der Waals surface area contributed by atoms with E-state index in [9.17, 15) is 4.79 Å². The highest BCUT2D eigenvalue weighted by molar-refractivity contribution is 6.05. The maximum absolute atomic E-state index is 13.2. The maximum Gasteiger partial charge on any atom is 0.277 e. The Labute approximate surface area is 171 Å². The van der Waals surface area contributed by atoms with E-state index in [1.165, 1.54) is 11.1 Å². The van der Waals surface area contributed by atoms with E-state index < -0.39 is 0 Å². The average Bonchev–Trinajstić information content (AvgIpc) is 3.25. The van der Waals surface area contributed by atoms with E-state index in [4.69, 9.17) is 5.10 Å². The molecular weight excluding hydrogens is 360 g/mol. The summed E-state index contributed by atoms with van der Waals surface area (Å²) in [5, 5.41) is 10.7. The first-order valence-electron chi connectivity index (χ1n) is 9.89. The Morgan fingerprint density at radius 2 is 1.76 bits per heavy atom. The SMILES string of the molecule is Cc1cc(C)cc(C2=NN(C(=O)c3cnn(Cc4ccccc4)c3)C(C)(C)C2)c1. The van der Waals surface area contributed by atoms with Gasteiger partial charge in [0.2, 0.25) is 0 Å². The number of hydrogen-bond donors (Lipinski definition) is 0. The van der Waals surface area contributed by atoms with Gasteiger partial charge in [0.15, 0.2) is 0 Å². The van der Waals surface area contributed by atoms with Crippen LogP contribution in [0.1, 0.15) is 52.9 Å². The number of aryl methyl sites for hydroxylation is 2. The van der Waals surface area contributed by atoms with Gasteiger partial charge in [-0.2, -0.15) is 10.2 Å². The van der Waals surface area contributed by atoms with Crippen LogP contribution in [0.4, 0.5) is 0 Å². The lowest BCUT2D eigenvalue weighted by molar-refractivity contribution is 0.0612. The lowest BCUT2D eigenvalue weighted by atomic mass is 9.93. The lowest BCUT2D eigenvalue weighted by Gasteiger charge is -2.28. The Balaban J connectivity index is 1.58. The fourth-order valence-electron chi connectivity index (χ4n) is 3.85. The summed E-state index contributed by atoms with van der Waals surface area (Å²) in [5.74, 6) is -0.117. The van der Waals surface area contributed by atoms with E-state index in [0.717, 1.165) is 23.3 Å². The predicted molar refractivity (Wildman–Crippen MR) is 115 cm³/mol. The third kappa shape index (κ3) is 3.99. The van der Waals surface area contributed by atoms with E-state index in [2.05, 4.69) is 51.0 Å². The van der Waals surface area contributed by atoms with Gasteiger partial charge in [-0.1, -0.05) is 59.7 Å². The molecule has 29 heavy (non-hydrogen) atoms. The molecule has 0 aliphatic carbocycles. The molecule has 0 bridgehead atoms. The van der Waals surface area contributed by atoms with Gasteiger partial charge < -0.3 is 0 Å². The molecule has 0 radical (unpaired) electrons. The third-order valence-electron chi connectivity index (χ3n) is 5.21. The van der Waals surface area contributed by atoms with Gasteiger partial charge in [-0.25, -0.2) is 5.01 Å². The molecule has 4 rings (SSSR count). The van der Waals surface area contributed by atoms with Gasteiger partial charge in [0.05, 0.1) is 29.6 Å². The molecule has 0 saturated carbocycles. The van der Waals surface area contributed by atoms with Crippen molar-refractivity contribution in [3.63, 3.8) is 0 Å². The molecule has 0 atom stereocenters. The zero-order valence-corrected chi connectivity index (χ0v) is 17.4. The second-order valence-electron chi connectivity index (χ2n) is 8.44. The van der Waals surface area contributed by atoms with Crippen LogP contribution in [0.2, 0.25) is 0 Å². The van der Waals surface area contributed by atoms with Crippen LogP contribution in [0.15, 0.2) is 66.0 Å². The molecule has 1 aromatic heterocycles. The standard InChI is InChI=1S/C24H26N4O/c1-17-10-18(2)12-20(11-17)22-13-24(3,4)28(26-22)23(29)21-14-25-27(16-21)15-19-8-6-5-7-9-19/h5-12,14,16H,13,15H2,1-4H3. The molecule has 2 aromatic carbocycles. The minimum Gasteiger partial charge on any atom is -0.268 e. The van der Waals surface area contributed by atoms with Crippen LogP contribution in [-0.2, 0) is 6.54 Å². The summed E-state index contributed by atoms with van der Waals surface area (Å²) in [6.45, 7) is 8.91. The van der Waals surface area contributed by atoms with E-state index >= 15 is 0 Å². The van der Waals surface area contributed by atoms with Crippen molar-refractivity contribution in [1.29, 1.82) is 0 Å². The first-order valence-corrected chi connectivity index (χ1v) is 9.89. The molecule has 148 valence electrons. The highest BCUT2D eigenvalue weighted by Gasteiger charge is 2.39. The summed E-state index contributed by atoms with van der Waals surface area (Å²) < 4.78 is 1.79. The quantitative estimate of drug-likeness (QED) is 0.659. The second-order valence-corrected chi connectivity index (χ2v) is 8.44. The number of hydrazone groups is 1. The van der Waals surface area contributed by atoms with Crippen molar-refractivity contribution in [3.8, 4) is 0 Å². The Morgan fingerprint density at radius 3 is 2.45 bits per heavy atom.